The van der Waals surface area contributed by atoms with E-state index in [4.69, 9.17) is 14.3 Å². The molecule has 2 N–H and O–H groups in total. The molecule has 0 spiro atoms. The zero-order valence-corrected chi connectivity index (χ0v) is 4.96. The van der Waals surface area contributed by atoms with Gasteiger partial charge in [-0.2, -0.15) is 0 Å². The summed E-state index contributed by atoms with van der Waals surface area (Å²) in [6, 6.07) is 1.28. The highest BCUT2D eigenvalue weighted by atomic mass is 16.4. The van der Waals surface area contributed by atoms with Crippen molar-refractivity contribution in [3.8, 4) is 5.75 Å². The molecule has 3 heteroatoms. The van der Waals surface area contributed by atoms with Crippen LogP contribution in [0.4, 0.5) is 0 Å². The normalized spacial score (nSPS) is 9.44. The summed E-state index contributed by atoms with van der Waals surface area (Å²) in [6.45, 7) is 1.56. The summed E-state index contributed by atoms with van der Waals surface area (Å²) >= 11 is 0. The molecule has 0 aromatic carbocycles. The first kappa shape index (κ1) is 5.88. The molecule has 0 aliphatic carbocycles. The second-order valence-electron chi connectivity index (χ2n) is 1.71. The van der Waals surface area contributed by atoms with Gasteiger partial charge in [-0.15, -0.1) is 0 Å². The van der Waals surface area contributed by atoms with Gasteiger partial charge in [0.2, 0.25) is 0 Å². The summed E-state index contributed by atoms with van der Waals surface area (Å²) in [4.78, 5) is 8.79. The van der Waals surface area contributed by atoms with Crippen molar-refractivity contribution >= 4 is 0 Å². The fourth-order valence-corrected chi connectivity index (χ4v) is 0.516. The van der Waals surface area contributed by atoms with Crippen LogP contribution in [0.1, 0.15) is 5.76 Å². The monoisotopic (exact) mass is 127 g/mol. The first-order valence-electron chi connectivity index (χ1n) is 2.51. The molecule has 1 aromatic rings. The van der Waals surface area contributed by atoms with E-state index in [1.807, 2.05) is 0 Å². The lowest BCUT2D eigenvalue weighted by Gasteiger charge is -1.88. The molecule has 0 saturated carbocycles. The Bertz CT molecular complexity index is 261. The lowest BCUT2D eigenvalue weighted by Crippen LogP contribution is -2.00. The van der Waals surface area contributed by atoms with Crippen LogP contribution >= 0.6 is 0 Å². The molecule has 1 heterocycles. The van der Waals surface area contributed by atoms with Crippen LogP contribution in [0.2, 0.25) is 0 Å². The van der Waals surface area contributed by atoms with Crippen molar-refractivity contribution < 1.29 is 14.3 Å². The zero-order chi connectivity index (χ0) is 6.85. The number of hydrogen-bond acceptors (Lipinski definition) is 2. The Balaban J connectivity index is 3.43. The summed E-state index contributed by atoms with van der Waals surface area (Å²) in [5.74, 6) is 0.118. The standard InChI is InChI=1S/C6H6O3/c1-4-6(8)5(7)2-3-9-4/h2-3,8H,1H3/p+1. The van der Waals surface area contributed by atoms with Gasteiger partial charge >= 0.3 is 5.43 Å². The summed E-state index contributed by atoms with van der Waals surface area (Å²) < 4.78 is 4.73. The van der Waals surface area contributed by atoms with Gasteiger partial charge in [0.1, 0.15) is 6.26 Å². The van der Waals surface area contributed by atoms with Gasteiger partial charge in [-0.3, -0.25) is 4.79 Å². The molecule has 9 heavy (non-hydrogen) atoms. The molecule has 1 rings (SSSR count). The number of rotatable bonds is 0. The third-order valence-electron chi connectivity index (χ3n) is 1.05. The van der Waals surface area contributed by atoms with Gasteiger partial charge in [-0.05, 0) is 6.92 Å². The first-order valence-corrected chi connectivity index (χ1v) is 2.51. The van der Waals surface area contributed by atoms with Crippen LogP contribution in [0.3, 0.4) is 0 Å². The maximum Gasteiger partial charge on any atom is 0.387 e. The molecule has 0 aliphatic rings. The highest BCUT2D eigenvalue weighted by molar-refractivity contribution is 5.18. The maximum atomic E-state index is 8.86. The highest BCUT2D eigenvalue weighted by Gasteiger charge is 2.04. The summed E-state index contributed by atoms with van der Waals surface area (Å²) in [7, 11) is 0. The van der Waals surface area contributed by atoms with Gasteiger partial charge in [0.25, 0.3) is 5.75 Å². The van der Waals surface area contributed by atoms with E-state index in [-0.39, 0.29) is 11.2 Å². The summed E-state index contributed by atoms with van der Waals surface area (Å²) in [5.41, 5.74) is -0.154. The Kier molecular flexibility index (Phi) is 1.26. The maximum absolute atomic E-state index is 8.86. The van der Waals surface area contributed by atoms with Crippen LogP contribution in [-0.4, -0.2) is 9.90 Å². The molecule has 0 radical (unpaired) electrons. The van der Waals surface area contributed by atoms with Crippen molar-refractivity contribution in [3.05, 3.63) is 23.5 Å². The predicted molar refractivity (Wildman–Crippen MR) is 30.2 cm³/mol. The minimum Gasteiger partial charge on any atom is -0.498 e. The molecule has 48 valence electrons. The fourth-order valence-electron chi connectivity index (χ4n) is 0.516. The molecule has 0 saturated heterocycles. The molecule has 0 aliphatic heterocycles. The minimum absolute atomic E-state index is 0.154. The van der Waals surface area contributed by atoms with E-state index < -0.39 is 0 Å². The van der Waals surface area contributed by atoms with Crippen molar-refractivity contribution in [1.82, 2.24) is 0 Å². The average Bonchev–Trinajstić information content (AvgIpc) is 1.83. The molecule has 1 aromatic heterocycles. The Labute approximate surface area is 51.6 Å². The first-order chi connectivity index (χ1) is 4.22. The molecule has 0 amide bonds. The lowest BCUT2D eigenvalue weighted by molar-refractivity contribution is 0.386. The smallest absolute Gasteiger partial charge is 0.387 e. The minimum atomic E-state index is -0.197. The van der Waals surface area contributed by atoms with E-state index in [9.17, 15) is 0 Å². The van der Waals surface area contributed by atoms with Crippen LogP contribution < -0.4 is 5.43 Å². The molecule has 0 atom stereocenters. The zero-order valence-electron chi connectivity index (χ0n) is 4.96. The lowest BCUT2D eigenvalue weighted by atomic mass is 10.4. The second-order valence-corrected chi connectivity index (χ2v) is 1.71. The van der Waals surface area contributed by atoms with Crippen molar-refractivity contribution in [2.75, 3.05) is 0 Å². The Hall–Kier alpha value is -1.25. The van der Waals surface area contributed by atoms with E-state index in [0.29, 0.717) is 5.76 Å². The van der Waals surface area contributed by atoms with E-state index >= 15 is 0 Å². The van der Waals surface area contributed by atoms with Crippen LogP contribution in [0.25, 0.3) is 0 Å². The average molecular weight is 127 g/mol. The molecule has 0 bridgehead atoms. The quantitative estimate of drug-likeness (QED) is 0.509. The van der Waals surface area contributed by atoms with E-state index in [1.165, 1.54) is 12.3 Å². The topological polar surface area (TPSA) is 54.8 Å². The predicted octanol–water partition coefficient (Wildman–Crippen LogP) is 0.298. The summed E-state index contributed by atoms with van der Waals surface area (Å²) in [6.07, 6.45) is 1.31. The second kappa shape index (κ2) is 1.93. The van der Waals surface area contributed by atoms with E-state index in [2.05, 4.69) is 0 Å². The Morgan fingerprint density at radius 3 is 2.78 bits per heavy atom. The van der Waals surface area contributed by atoms with Gasteiger partial charge in [0.05, 0.1) is 6.07 Å². The largest absolute Gasteiger partial charge is 0.498 e. The Morgan fingerprint density at radius 1 is 1.67 bits per heavy atom. The number of aryl methyl sites for hydroxylation is 1. The van der Waals surface area contributed by atoms with E-state index in [1.54, 1.807) is 6.92 Å². The highest BCUT2D eigenvalue weighted by Crippen LogP contribution is 2.05. The number of aromatic hydroxyl groups is 1. The van der Waals surface area contributed by atoms with Crippen molar-refractivity contribution in [2.45, 2.75) is 6.92 Å². The summed E-state index contributed by atoms with van der Waals surface area (Å²) in [5, 5.41) is 8.86. The van der Waals surface area contributed by atoms with E-state index in [0.717, 1.165) is 0 Å². The van der Waals surface area contributed by atoms with Crippen LogP contribution in [0.15, 0.2) is 16.7 Å². The Morgan fingerprint density at radius 2 is 2.33 bits per heavy atom. The van der Waals surface area contributed by atoms with Crippen molar-refractivity contribution in [2.24, 2.45) is 0 Å². The third-order valence-corrected chi connectivity index (χ3v) is 1.05. The number of hydrogen-bond donors (Lipinski definition) is 1. The van der Waals surface area contributed by atoms with Gasteiger partial charge < -0.3 is 9.52 Å². The van der Waals surface area contributed by atoms with Crippen molar-refractivity contribution in [1.29, 1.82) is 0 Å². The van der Waals surface area contributed by atoms with Crippen LogP contribution in [0.5, 0.6) is 5.75 Å². The van der Waals surface area contributed by atoms with Crippen molar-refractivity contribution in [3.63, 3.8) is 0 Å². The van der Waals surface area contributed by atoms with Gasteiger partial charge in [-0.25, -0.2) is 0 Å². The molecule has 0 unspecified atom stereocenters. The van der Waals surface area contributed by atoms with Gasteiger partial charge in [0, 0.05) is 0 Å². The fraction of sp³-hybridized carbons (Fsp3) is 0.167. The SMILES string of the molecule is Cc1occc(=[OH+])c1O. The third kappa shape index (κ3) is 0.937. The molecular formula is C6H7O3+. The van der Waals surface area contributed by atoms with Crippen LogP contribution in [-0.2, 0) is 0 Å². The molecule has 3 nitrogen and oxygen atoms in total. The molecule has 0 fully saturated rings. The van der Waals surface area contributed by atoms with Crippen LogP contribution in [0, 0.1) is 6.92 Å². The van der Waals surface area contributed by atoms with Gasteiger partial charge in [-0.1, -0.05) is 0 Å². The molecular weight excluding hydrogens is 120 g/mol. The van der Waals surface area contributed by atoms with Gasteiger partial charge in [0.15, 0.2) is 5.76 Å².